The van der Waals surface area contributed by atoms with E-state index in [0.29, 0.717) is 37.2 Å². The number of nitrogens with one attached hydrogen (secondary N) is 2. The minimum absolute atomic E-state index is 0.0288. The monoisotopic (exact) mass is 722 g/mol. The van der Waals surface area contributed by atoms with E-state index in [2.05, 4.69) is 15.2 Å². The average Bonchev–Trinajstić information content (AvgIpc) is 3.20. The van der Waals surface area contributed by atoms with Gasteiger partial charge in [0.05, 0.1) is 16.3 Å². The third-order valence-electron chi connectivity index (χ3n) is 9.16. The summed E-state index contributed by atoms with van der Waals surface area (Å²) in [6.07, 6.45) is 7.18. The molecule has 0 bridgehead atoms. The van der Waals surface area contributed by atoms with Crippen LogP contribution in [-0.2, 0) is 23.1 Å². The molecular formula is C45H44N3O6+. The number of aryl methyl sites for hydroxylation is 2. The molecule has 1 heterocycles. The zero-order valence-electron chi connectivity index (χ0n) is 30.3. The second-order valence-corrected chi connectivity index (χ2v) is 13.0. The molecule has 0 aliphatic carbocycles. The molecule has 0 atom stereocenters. The molecule has 3 N–H and O–H groups in total. The lowest BCUT2D eigenvalue weighted by molar-refractivity contribution is -0.617. The first kappa shape index (κ1) is 37.3. The normalized spacial score (nSPS) is 11.1. The third-order valence-corrected chi connectivity index (χ3v) is 9.16. The van der Waals surface area contributed by atoms with Crippen molar-refractivity contribution in [2.75, 3.05) is 19.7 Å². The number of amides is 2. The number of carbonyl (C=O) groups is 3. The first-order valence-corrected chi connectivity index (χ1v) is 18.2. The summed E-state index contributed by atoms with van der Waals surface area (Å²) in [6.45, 7) is 0.843. The van der Waals surface area contributed by atoms with Crippen molar-refractivity contribution in [1.82, 2.24) is 10.6 Å². The Morgan fingerprint density at radius 2 is 1.30 bits per heavy atom. The van der Waals surface area contributed by atoms with Crippen LogP contribution in [0.2, 0.25) is 0 Å². The van der Waals surface area contributed by atoms with Gasteiger partial charge in [0, 0.05) is 31.6 Å². The lowest BCUT2D eigenvalue weighted by Crippen LogP contribution is -2.31. The fraction of sp³-hybridized carbons (Fsp3) is 0.200. The van der Waals surface area contributed by atoms with Crippen molar-refractivity contribution in [3.8, 4) is 17.2 Å². The molecule has 54 heavy (non-hydrogen) atoms. The number of nitrogens with zero attached hydrogens (tertiary/aromatic N) is 1. The van der Waals surface area contributed by atoms with E-state index >= 15 is 0 Å². The summed E-state index contributed by atoms with van der Waals surface area (Å²) in [5, 5.41) is 17.6. The van der Waals surface area contributed by atoms with Gasteiger partial charge in [0.2, 0.25) is 16.9 Å². The molecule has 1 aromatic heterocycles. The summed E-state index contributed by atoms with van der Waals surface area (Å²) in [6, 6.07) is 37.8. The SMILES string of the molecule is C[n+]1c2ccccc2c(C(=O)Oc2ccc(CCC(=O)NCCCCCNC(=O)COc3cc(/C=C/c4ccccc4)ccc3O)cc2)c2ccccc21. The average molecular weight is 723 g/mol. The third kappa shape index (κ3) is 9.89. The van der Waals surface area contributed by atoms with E-state index in [1.165, 1.54) is 0 Å². The van der Waals surface area contributed by atoms with Gasteiger partial charge in [-0.2, -0.15) is 4.57 Å². The van der Waals surface area contributed by atoms with Crippen LogP contribution in [0.15, 0.2) is 121 Å². The largest absolute Gasteiger partial charge is 0.504 e. The number of ether oxygens (including phenoxy) is 2. The number of pyridine rings is 1. The number of para-hydroxylation sites is 2. The zero-order valence-corrected chi connectivity index (χ0v) is 30.3. The van der Waals surface area contributed by atoms with Crippen LogP contribution in [0.3, 0.4) is 0 Å². The molecule has 6 aromatic rings. The molecule has 0 radical (unpaired) electrons. The number of phenolic OH excluding ortho intramolecular Hbond substituents is 1. The first-order valence-electron chi connectivity index (χ1n) is 18.2. The smallest absolute Gasteiger partial charge is 0.345 e. The summed E-state index contributed by atoms with van der Waals surface area (Å²) in [7, 11) is 1.99. The Balaban J connectivity index is 0.859. The van der Waals surface area contributed by atoms with E-state index in [-0.39, 0.29) is 29.9 Å². The quantitative estimate of drug-likeness (QED) is 0.0241. The number of hydrogen-bond acceptors (Lipinski definition) is 6. The van der Waals surface area contributed by atoms with Gasteiger partial charge >= 0.3 is 5.97 Å². The predicted octanol–water partition coefficient (Wildman–Crippen LogP) is 7.33. The Hall–Kier alpha value is -6.48. The molecule has 0 aliphatic rings. The molecule has 0 aliphatic heterocycles. The maximum atomic E-state index is 13.5. The van der Waals surface area contributed by atoms with Crippen molar-refractivity contribution in [3.05, 3.63) is 144 Å². The fourth-order valence-electron chi connectivity index (χ4n) is 6.26. The lowest BCUT2D eigenvalue weighted by atomic mass is 10.0. The Morgan fingerprint density at radius 1 is 0.685 bits per heavy atom. The van der Waals surface area contributed by atoms with Crippen LogP contribution in [0.25, 0.3) is 34.0 Å². The molecule has 0 saturated carbocycles. The van der Waals surface area contributed by atoms with Crippen molar-refractivity contribution < 1.29 is 33.5 Å². The van der Waals surface area contributed by atoms with Gasteiger partial charge in [0.15, 0.2) is 18.1 Å². The Labute approximate surface area is 314 Å². The van der Waals surface area contributed by atoms with Gasteiger partial charge in [-0.1, -0.05) is 84.9 Å². The van der Waals surface area contributed by atoms with E-state index in [1.54, 1.807) is 30.3 Å². The molecule has 2 amide bonds. The van der Waals surface area contributed by atoms with E-state index in [1.807, 2.05) is 110 Å². The molecular weight excluding hydrogens is 679 g/mol. The fourth-order valence-corrected chi connectivity index (χ4v) is 6.26. The van der Waals surface area contributed by atoms with Gasteiger partial charge in [-0.15, -0.1) is 0 Å². The standard InChI is InChI=1S/C45H43N3O6/c1-48-38-16-8-6-14-36(38)44(37-15-7-9-17-39(37)48)45(52)54-35-24-20-33(21-25-35)23-27-42(50)46-28-10-3-11-29-47-43(51)31-53-41-30-34(22-26-40(41)49)19-18-32-12-4-2-5-13-32/h2,4-9,12-22,24-26,30H,3,10-11,23,27-29,31H2,1H3,(H2-,46,47,49,50,51)/p+1/b19-18+. The second-order valence-electron chi connectivity index (χ2n) is 13.0. The Morgan fingerprint density at radius 3 is 1.98 bits per heavy atom. The number of unbranched alkanes of at least 4 members (excludes halogenated alkanes) is 2. The molecule has 0 spiro atoms. The van der Waals surface area contributed by atoms with Crippen molar-refractivity contribution in [3.63, 3.8) is 0 Å². The highest BCUT2D eigenvalue weighted by atomic mass is 16.5. The molecule has 0 unspecified atom stereocenters. The van der Waals surface area contributed by atoms with E-state index < -0.39 is 5.97 Å². The maximum Gasteiger partial charge on any atom is 0.345 e. The van der Waals surface area contributed by atoms with Crippen LogP contribution >= 0.6 is 0 Å². The Bertz CT molecular complexity index is 2210. The summed E-state index contributed by atoms with van der Waals surface area (Å²) in [5.41, 5.74) is 5.28. The Kier molecular flexibility index (Phi) is 12.7. The van der Waals surface area contributed by atoms with E-state index in [4.69, 9.17) is 9.47 Å². The van der Waals surface area contributed by atoms with Gasteiger partial charge in [0.25, 0.3) is 5.91 Å². The minimum Gasteiger partial charge on any atom is -0.504 e. The number of aromatic hydroxyl groups is 1. The molecule has 5 aromatic carbocycles. The predicted molar refractivity (Wildman–Crippen MR) is 211 cm³/mol. The van der Waals surface area contributed by atoms with Crippen LogP contribution in [0.5, 0.6) is 17.2 Å². The number of benzene rings is 5. The zero-order chi connectivity index (χ0) is 37.7. The molecule has 0 fully saturated rings. The van der Waals surface area contributed by atoms with E-state index in [0.717, 1.165) is 57.8 Å². The number of esters is 1. The summed E-state index contributed by atoms with van der Waals surface area (Å²) in [5.74, 6) is -0.0665. The lowest BCUT2D eigenvalue weighted by Gasteiger charge is -2.10. The highest BCUT2D eigenvalue weighted by Gasteiger charge is 2.23. The van der Waals surface area contributed by atoms with Crippen LogP contribution in [0.1, 0.15) is 52.7 Å². The van der Waals surface area contributed by atoms with Crippen LogP contribution in [-0.4, -0.2) is 42.6 Å². The van der Waals surface area contributed by atoms with Crippen molar-refractivity contribution >= 4 is 51.7 Å². The second kappa shape index (κ2) is 18.3. The van der Waals surface area contributed by atoms with E-state index in [9.17, 15) is 19.5 Å². The number of hydrogen-bond donors (Lipinski definition) is 3. The number of carbonyl (C=O) groups excluding carboxylic acids is 3. The molecule has 274 valence electrons. The summed E-state index contributed by atoms with van der Waals surface area (Å²) in [4.78, 5) is 38.3. The molecule has 9 nitrogen and oxygen atoms in total. The first-order chi connectivity index (χ1) is 26.4. The summed E-state index contributed by atoms with van der Waals surface area (Å²) >= 11 is 0. The molecule has 0 saturated heterocycles. The number of phenols is 1. The summed E-state index contributed by atoms with van der Waals surface area (Å²) < 4.78 is 13.5. The molecule has 9 heteroatoms. The minimum atomic E-state index is -0.419. The van der Waals surface area contributed by atoms with Crippen molar-refractivity contribution in [2.45, 2.75) is 32.1 Å². The topological polar surface area (TPSA) is 118 Å². The number of aromatic nitrogens is 1. The van der Waals surface area contributed by atoms with Crippen molar-refractivity contribution in [2.24, 2.45) is 7.05 Å². The number of fused-ring (bicyclic) bond motifs is 2. The van der Waals surface area contributed by atoms with Gasteiger partial charge in [-0.25, -0.2) is 4.79 Å². The van der Waals surface area contributed by atoms with Gasteiger partial charge in [0.1, 0.15) is 12.8 Å². The molecule has 6 rings (SSSR count). The van der Waals surface area contributed by atoms with Gasteiger partial charge in [-0.3, -0.25) is 9.59 Å². The maximum absolute atomic E-state index is 13.5. The highest BCUT2D eigenvalue weighted by Crippen LogP contribution is 2.28. The van der Waals surface area contributed by atoms with Crippen molar-refractivity contribution in [1.29, 1.82) is 0 Å². The van der Waals surface area contributed by atoms with Gasteiger partial charge in [-0.05, 0) is 78.8 Å². The van der Waals surface area contributed by atoms with Crippen LogP contribution in [0, 0.1) is 0 Å². The van der Waals surface area contributed by atoms with Crippen LogP contribution < -0.4 is 24.7 Å². The highest BCUT2D eigenvalue weighted by molar-refractivity contribution is 6.13. The number of rotatable bonds is 16. The van der Waals surface area contributed by atoms with Gasteiger partial charge < -0.3 is 25.2 Å². The van der Waals surface area contributed by atoms with Crippen LogP contribution in [0.4, 0.5) is 0 Å².